The van der Waals surface area contributed by atoms with E-state index in [9.17, 15) is 23.6 Å². The molecular weight excluding hydrogens is 403 g/mol. The van der Waals surface area contributed by atoms with Gasteiger partial charge in [-0.3, -0.25) is 34.4 Å². The van der Waals surface area contributed by atoms with Gasteiger partial charge in [0.2, 0.25) is 23.6 Å². The molecule has 3 unspecified atom stereocenters. The standard InChI is InChI=1S/C22H21FN4O4/c1-12-24-15-3-2-4-16(25-19(29)11-13-5-7-14(23)8-6-13)20(15)22(31)27(12)17-9-10-18(28)26-21(17)30/h2-8,15,17,20H,9-11H2,1H3,(H,25,29)(H,26,28,30). The summed E-state index contributed by atoms with van der Waals surface area (Å²) in [5.41, 5.74) is 1.02. The van der Waals surface area contributed by atoms with E-state index < -0.39 is 23.9 Å². The highest BCUT2D eigenvalue weighted by Gasteiger charge is 2.45. The van der Waals surface area contributed by atoms with Crippen molar-refractivity contribution in [2.24, 2.45) is 10.9 Å². The topological polar surface area (TPSA) is 108 Å². The fraction of sp³-hybridized carbons (Fsp3) is 0.318. The summed E-state index contributed by atoms with van der Waals surface area (Å²) in [7, 11) is 0. The Hall–Kier alpha value is -3.62. The third-order valence-corrected chi connectivity index (χ3v) is 5.53. The zero-order valence-corrected chi connectivity index (χ0v) is 16.8. The van der Waals surface area contributed by atoms with Gasteiger partial charge in [0.25, 0.3) is 0 Å². The lowest BCUT2D eigenvalue weighted by molar-refractivity contribution is -0.144. The minimum Gasteiger partial charge on any atom is -0.329 e. The molecule has 1 aliphatic carbocycles. The van der Waals surface area contributed by atoms with Crippen LogP contribution in [-0.4, -0.2) is 46.4 Å². The summed E-state index contributed by atoms with van der Waals surface area (Å²) in [5.74, 6) is -2.38. The van der Waals surface area contributed by atoms with Crippen LogP contribution in [0.5, 0.6) is 0 Å². The van der Waals surface area contributed by atoms with Gasteiger partial charge in [-0.2, -0.15) is 0 Å². The number of aliphatic imine (C=N–C) groups is 1. The first-order valence-electron chi connectivity index (χ1n) is 9.97. The first-order chi connectivity index (χ1) is 14.8. The van der Waals surface area contributed by atoms with Gasteiger partial charge in [-0.1, -0.05) is 24.3 Å². The summed E-state index contributed by atoms with van der Waals surface area (Å²) in [5, 5.41) is 5.04. The second kappa shape index (κ2) is 8.25. The number of rotatable bonds is 4. The lowest BCUT2D eigenvalue weighted by atomic mass is 9.87. The van der Waals surface area contributed by atoms with Crippen molar-refractivity contribution in [1.29, 1.82) is 0 Å². The fourth-order valence-corrected chi connectivity index (χ4v) is 4.08. The maximum Gasteiger partial charge on any atom is 0.249 e. The number of imide groups is 1. The van der Waals surface area contributed by atoms with Crippen molar-refractivity contribution >= 4 is 29.5 Å². The molecule has 3 atom stereocenters. The van der Waals surface area contributed by atoms with Crippen molar-refractivity contribution in [3.63, 3.8) is 0 Å². The molecule has 4 rings (SSSR count). The minimum absolute atomic E-state index is 0.0199. The van der Waals surface area contributed by atoms with E-state index in [0.29, 0.717) is 17.1 Å². The number of allylic oxidation sites excluding steroid dienone is 2. The molecule has 31 heavy (non-hydrogen) atoms. The number of carbonyl (C=O) groups is 4. The Kier molecular flexibility index (Phi) is 5.50. The Morgan fingerprint density at radius 1 is 1.26 bits per heavy atom. The van der Waals surface area contributed by atoms with Crippen LogP contribution in [0.15, 0.2) is 53.2 Å². The molecule has 0 aromatic heterocycles. The molecule has 3 aliphatic rings. The second-order valence-corrected chi connectivity index (χ2v) is 7.68. The Labute approximate surface area is 177 Å². The van der Waals surface area contributed by atoms with Crippen LogP contribution in [0.4, 0.5) is 4.39 Å². The van der Waals surface area contributed by atoms with Crippen LogP contribution in [0, 0.1) is 11.7 Å². The fourth-order valence-electron chi connectivity index (χ4n) is 4.08. The van der Waals surface area contributed by atoms with E-state index in [-0.39, 0.29) is 42.8 Å². The summed E-state index contributed by atoms with van der Waals surface area (Å²) >= 11 is 0. The second-order valence-electron chi connectivity index (χ2n) is 7.68. The maximum atomic E-state index is 13.4. The van der Waals surface area contributed by atoms with Crippen molar-refractivity contribution in [2.75, 3.05) is 0 Å². The molecule has 2 heterocycles. The number of halogens is 1. The summed E-state index contributed by atoms with van der Waals surface area (Å²) in [6.07, 6.45) is 5.50. The lowest BCUT2D eigenvalue weighted by Gasteiger charge is -2.40. The zero-order chi connectivity index (χ0) is 22.1. The Morgan fingerprint density at radius 3 is 2.71 bits per heavy atom. The quantitative estimate of drug-likeness (QED) is 0.703. The van der Waals surface area contributed by atoms with Crippen molar-refractivity contribution in [1.82, 2.24) is 15.5 Å². The maximum absolute atomic E-state index is 13.4. The molecule has 2 aliphatic heterocycles. The Morgan fingerprint density at radius 2 is 2.00 bits per heavy atom. The van der Waals surface area contributed by atoms with Gasteiger partial charge in [-0.25, -0.2) is 4.39 Å². The van der Waals surface area contributed by atoms with Crippen molar-refractivity contribution < 1.29 is 23.6 Å². The molecule has 0 spiro atoms. The molecule has 1 fully saturated rings. The molecular formula is C22H21FN4O4. The van der Waals surface area contributed by atoms with E-state index in [1.54, 1.807) is 25.2 Å². The van der Waals surface area contributed by atoms with Crippen LogP contribution in [0.1, 0.15) is 25.3 Å². The first-order valence-corrected chi connectivity index (χ1v) is 9.97. The molecule has 0 saturated carbocycles. The summed E-state index contributed by atoms with van der Waals surface area (Å²) in [6, 6.07) is 4.29. The first kappa shape index (κ1) is 20.6. The minimum atomic E-state index is -0.822. The third-order valence-electron chi connectivity index (χ3n) is 5.53. The smallest absolute Gasteiger partial charge is 0.249 e. The van der Waals surface area contributed by atoms with Crippen LogP contribution < -0.4 is 10.6 Å². The van der Waals surface area contributed by atoms with Crippen LogP contribution in [0.3, 0.4) is 0 Å². The van der Waals surface area contributed by atoms with E-state index in [1.165, 1.54) is 29.2 Å². The number of amides is 4. The molecule has 1 aromatic rings. The highest BCUT2D eigenvalue weighted by atomic mass is 19.1. The van der Waals surface area contributed by atoms with Gasteiger partial charge >= 0.3 is 0 Å². The summed E-state index contributed by atoms with van der Waals surface area (Å²) in [6.45, 7) is 1.65. The number of benzene rings is 1. The Balaban J connectivity index is 1.53. The Bertz CT molecular complexity index is 1040. The van der Waals surface area contributed by atoms with Crippen LogP contribution in [0.2, 0.25) is 0 Å². The van der Waals surface area contributed by atoms with Crippen molar-refractivity contribution in [2.45, 2.75) is 38.3 Å². The summed E-state index contributed by atoms with van der Waals surface area (Å²) < 4.78 is 13.1. The number of amidine groups is 1. The van der Waals surface area contributed by atoms with Gasteiger partial charge < -0.3 is 5.32 Å². The molecule has 0 bridgehead atoms. The van der Waals surface area contributed by atoms with E-state index in [1.807, 2.05) is 0 Å². The molecule has 160 valence electrons. The largest absolute Gasteiger partial charge is 0.329 e. The highest BCUT2D eigenvalue weighted by molar-refractivity contribution is 6.09. The van der Waals surface area contributed by atoms with Crippen LogP contribution >= 0.6 is 0 Å². The SMILES string of the molecule is CC1=NC2C=CC=C(NC(=O)Cc3ccc(F)cc3)C2C(=O)N1C1CCC(=O)NC1=O. The molecule has 8 nitrogen and oxygen atoms in total. The van der Waals surface area contributed by atoms with Gasteiger partial charge in [-0.05, 0) is 37.1 Å². The monoisotopic (exact) mass is 424 g/mol. The van der Waals surface area contributed by atoms with Gasteiger partial charge in [0.15, 0.2) is 0 Å². The predicted molar refractivity (Wildman–Crippen MR) is 109 cm³/mol. The number of fused-ring (bicyclic) bond motifs is 1. The van der Waals surface area contributed by atoms with E-state index in [0.717, 1.165) is 0 Å². The molecule has 0 radical (unpaired) electrons. The molecule has 2 N–H and O–H groups in total. The van der Waals surface area contributed by atoms with E-state index in [4.69, 9.17) is 0 Å². The van der Waals surface area contributed by atoms with E-state index in [2.05, 4.69) is 15.6 Å². The normalized spacial score (nSPS) is 25.4. The van der Waals surface area contributed by atoms with E-state index >= 15 is 0 Å². The number of hydrogen-bond donors (Lipinski definition) is 2. The number of carbonyl (C=O) groups excluding carboxylic acids is 4. The van der Waals surface area contributed by atoms with Gasteiger partial charge in [0.05, 0.1) is 12.5 Å². The van der Waals surface area contributed by atoms with Gasteiger partial charge in [0.1, 0.15) is 23.6 Å². The third kappa shape index (κ3) is 4.16. The molecule has 1 saturated heterocycles. The van der Waals surface area contributed by atoms with Crippen LogP contribution in [-0.2, 0) is 25.6 Å². The number of piperidine rings is 1. The predicted octanol–water partition coefficient (Wildman–Crippen LogP) is 0.989. The summed E-state index contributed by atoms with van der Waals surface area (Å²) in [4.78, 5) is 55.6. The number of nitrogens with zero attached hydrogens (tertiary/aromatic N) is 2. The average Bonchev–Trinajstić information content (AvgIpc) is 2.71. The van der Waals surface area contributed by atoms with Crippen molar-refractivity contribution in [3.8, 4) is 0 Å². The van der Waals surface area contributed by atoms with Crippen molar-refractivity contribution in [3.05, 3.63) is 59.6 Å². The number of hydrogen-bond acceptors (Lipinski definition) is 5. The highest BCUT2D eigenvalue weighted by Crippen LogP contribution is 2.30. The number of nitrogens with one attached hydrogen (secondary N) is 2. The average molecular weight is 424 g/mol. The molecule has 1 aromatic carbocycles. The van der Waals surface area contributed by atoms with Gasteiger partial charge in [-0.15, -0.1) is 0 Å². The molecule has 9 heteroatoms. The zero-order valence-electron chi connectivity index (χ0n) is 16.8. The van der Waals surface area contributed by atoms with Crippen LogP contribution in [0.25, 0.3) is 0 Å². The lowest BCUT2D eigenvalue weighted by Crippen LogP contribution is -2.60. The van der Waals surface area contributed by atoms with Gasteiger partial charge in [0, 0.05) is 12.1 Å². The molecule has 4 amide bonds.